The smallest absolute Gasteiger partial charge is 0.256 e. The Bertz CT molecular complexity index is 1070. The van der Waals surface area contributed by atoms with Crippen LogP contribution in [0.1, 0.15) is 28.4 Å². The number of carbonyl (C=O) groups excluding carboxylic acids is 1. The van der Waals surface area contributed by atoms with Gasteiger partial charge in [0.1, 0.15) is 23.2 Å². The Morgan fingerprint density at radius 1 is 1.15 bits per heavy atom. The number of benzene rings is 2. The molecule has 0 spiro atoms. The topological polar surface area (TPSA) is 90.8 Å². The normalized spacial score (nSPS) is 10.2. The van der Waals surface area contributed by atoms with Crippen LogP contribution < -0.4 is 10.1 Å². The number of hydrogen-bond acceptors (Lipinski definition) is 4. The van der Waals surface area contributed by atoms with Crippen LogP contribution in [-0.4, -0.2) is 17.6 Å². The van der Waals surface area contributed by atoms with Crippen molar-refractivity contribution in [2.75, 3.05) is 12.4 Å². The zero-order valence-electron chi connectivity index (χ0n) is 14.4. The van der Waals surface area contributed by atoms with Crippen molar-refractivity contribution >= 4 is 22.6 Å². The van der Waals surface area contributed by atoms with Crippen LogP contribution in [0.4, 0.5) is 5.82 Å². The number of nitriles is 2. The van der Waals surface area contributed by atoms with Gasteiger partial charge in [-0.3, -0.25) is 4.79 Å². The molecule has 3 rings (SSSR count). The van der Waals surface area contributed by atoms with Gasteiger partial charge in [0.2, 0.25) is 0 Å². The number of fused-ring (bicyclic) bond motifs is 1. The van der Waals surface area contributed by atoms with Crippen molar-refractivity contribution in [2.24, 2.45) is 0 Å². The third-order valence-electron chi connectivity index (χ3n) is 4.21. The van der Waals surface area contributed by atoms with Gasteiger partial charge in [-0.25, -0.2) is 0 Å². The summed E-state index contributed by atoms with van der Waals surface area (Å²) in [5.74, 6) is 0.794. The molecule has 0 radical (unpaired) electrons. The average molecular weight is 344 g/mol. The molecule has 0 saturated heterocycles. The molecule has 0 aliphatic heterocycles. The van der Waals surface area contributed by atoms with Crippen LogP contribution in [0.25, 0.3) is 10.9 Å². The second kappa shape index (κ2) is 7.00. The van der Waals surface area contributed by atoms with Crippen molar-refractivity contribution in [3.05, 3.63) is 59.2 Å². The van der Waals surface area contributed by atoms with Gasteiger partial charge in [-0.05, 0) is 43.3 Å². The van der Waals surface area contributed by atoms with Gasteiger partial charge in [-0.2, -0.15) is 10.5 Å². The molecule has 1 N–H and O–H groups in total. The lowest BCUT2D eigenvalue weighted by atomic mass is 10.1. The number of rotatable bonds is 4. The van der Waals surface area contributed by atoms with E-state index in [0.29, 0.717) is 34.8 Å². The van der Waals surface area contributed by atoms with Gasteiger partial charge in [0, 0.05) is 23.6 Å². The van der Waals surface area contributed by atoms with E-state index >= 15 is 0 Å². The lowest BCUT2D eigenvalue weighted by molar-refractivity contribution is 0.102. The monoisotopic (exact) mass is 344 g/mol. The van der Waals surface area contributed by atoms with E-state index in [1.165, 1.54) is 0 Å². The third kappa shape index (κ3) is 2.85. The van der Waals surface area contributed by atoms with Crippen LogP contribution in [0, 0.1) is 22.7 Å². The first-order chi connectivity index (χ1) is 12.6. The van der Waals surface area contributed by atoms with Crippen LogP contribution in [-0.2, 0) is 6.54 Å². The Morgan fingerprint density at radius 2 is 1.88 bits per heavy atom. The highest BCUT2D eigenvalue weighted by atomic mass is 16.5. The predicted octanol–water partition coefficient (Wildman–Crippen LogP) is 3.67. The Labute approximate surface area is 150 Å². The summed E-state index contributed by atoms with van der Waals surface area (Å²) in [6, 6.07) is 16.0. The van der Waals surface area contributed by atoms with Gasteiger partial charge in [0.15, 0.2) is 0 Å². The van der Waals surface area contributed by atoms with Gasteiger partial charge in [0.25, 0.3) is 5.91 Å². The number of aryl methyl sites for hydroxylation is 1. The Balaban J connectivity index is 2.07. The summed E-state index contributed by atoms with van der Waals surface area (Å²) in [5, 5.41) is 22.1. The van der Waals surface area contributed by atoms with Crippen LogP contribution in [0.5, 0.6) is 5.75 Å². The number of nitrogens with one attached hydrogen (secondary N) is 1. The van der Waals surface area contributed by atoms with E-state index in [9.17, 15) is 10.1 Å². The van der Waals surface area contributed by atoms with Crippen molar-refractivity contribution in [2.45, 2.75) is 13.5 Å². The van der Waals surface area contributed by atoms with Gasteiger partial charge < -0.3 is 14.6 Å². The van der Waals surface area contributed by atoms with Gasteiger partial charge in [-0.15, -0.1) is 0 Å². The van der Waals surface area contributed by atoms with E-state index in [1.807, 2.05) is 29.7 Å². The fraction of sp³-hybridized carbons (Fsp3) is 0.150. The third-order valence-corrected chi connectivity index (χ3v) is 4.21. The Kier molecular flexibility index (Phi) is 4.59. The fourth-order valence-electron chi connectivity index (χ4n) is 2.90. The van der Waals surface area contributed by atoms with Crippen molar-refractivity contribution in [1.82, 2.24) is 4.57 Å². The molecule has 1 aromatic heterocycles. The molecule has 0 fully saturated rings. The van der Waals surface area contributed by atoms with Crippen molar-refractivity contribution in [1.29, 1.82) is 10.5 Å². The van der Waals surface area contributed by atoms with Gasteiger partial charge in [-0.1, -0.05) is 0 Å². The van der Waals surface area contributed by atoms with Crippen LogP contribution in [0.2, 0.25) is 0 Å². The van der Waals surface area contributed by atoms with E-state index in [0.717, 1.165) is 10.9 Å². The maximum absolute atomic E-state index is 12.6. The zero-order chi connectivity index (χ0) is 18.7. The molecule has 6 heteroatoms. The summed E-state index contributed by atoms with van der Waals surface area (Å²) in [6.07, 6.45) is 0. The number of aromatic nitrogens is 1. The van der Waals surface area contributed by atoms with Crippen LogP contribution in [0.3, 0.4) is 0 Å². The molecule has 3 aromatic rings. The quantitative estimate of drug-likeness (QED) is 0.782. The molecule has 1 amide bonds. The molecule has 0 aliphatic rings. The highest BCUT2D eigenvalue weighted by Gasteiger charge is 2.19. The SMILES string of the molecule is CCn1c(NC(=O)c2ccc(C#N)cc2)c(C#N)c2ccc(OC)cc21. The second-order valence-electron chi connectivity index (χ2n) is 5.61. The molecule has 6 nitrogen and oxygen atoms in total. The molecule has 0 atom stereocenters. The molecule has 0 unspecified atom stereocenters. The first kappa shape index (κ1) is 17.1. The molecule has 1 heterocycles. The molecule has 0 aliphatic carbocycles. The van der Waals surface area contributed by atoms with Crippen LogP contribution >= 0.6 is 0 Å². The molecule has 0 saturated carbocycles. The van der Waals surface area contributed by atoms with E-state index in [1.54, 1.807) is 37.4 Å². The summed E-state index contributed by atoms with van der Waals surface area (Å²) in [5.41, 5.74) is 2.12. The minimum absolute atomic E-state index is 0.338. The molecule has 128 valence electrons. The van der Waals surface area contributed by atoms with E-state index in [2.05, 4.69) is 11.4 Å². The maximum atomic E-state index is 12.6. The minimum Gasteiger partial charge on any atom is -0.497 e. The molecule has 0 bridgehead atoms. The molecular formula is C20H16N4O2. The van der Waals surface area contributed by atoms with E-state index in [4.69, 9.17) is 10.00 Å². The predicted molar refractivity (Wildman–Crippen MR) is 98.0 cm³/mol. The highest BCUT2D eigenvalue weighted by molar-refractivity contribution is 6.07. The first-order valence-electron chi connectivity index (χ1n) is 8.04. The van der Waals surface area contributed by atoms with Crippen molar-refractivity contribution in [3.63, 3.8) is 0 Å². The number of ether oxygens (including phenoxy) is 1. The minimum atomic E-state index is -0.338. The van der Waals surface area contributed by atoms with Crippen LogP contribution in [0.15, 0.2) is 42.5 Å². The summed E-state index contributed by atoms with van der Waals surface area (Å²) in [7, 11) is 1.58. The largest absolute Gasteiger partial charge is 0.497 e. The Morgan fingerprint density at radius 3 is 2.46 bits per heavy atom. The summed E-state index contributed by atoms with van der Waals surface area (Å²) in [4.78, 5) is 12.6. The number of hydrogen-bond donors (Lipinski definition) is 1. The standard InChI is InChI=1S/C20H16N4O2/c1-3-24-18-10-15(26-2)8-9-16(18)17(12-22)19(24)23-20(25)14-6-4-13(11-21)5-7-14/h4-10H,3H2,1-2H3,(H,23,25). The Hall–Kier alpha value is -3.77. The number of nitrogens with zero attached hydrogens (tertiary/aromatic N) is 3. The lowest BCUT2D eigenvalue weighted by Crippen LogP contribution is -2.15. The summed E-state index contributed by atoms with van der Waals surface area (Å²) < 4.78 is 7.14. The second-order valence-corrected chi connectivity index (χ2v) is 5.61. The van der Waals surface area contributed by atoms with Gasteiger partial charge in [0.05, 0.1) is 24.3 Å². The maximum Gasteiger partial charge on any atom is 0.256 e. The van der Waals surface area contributed by atoms with E-state index < -0.39 is 0 Å². The summed E-state index contributed by atoms with van der Waals surface area (Å²) in [6.45, 7) is 2.52. The molecule has 2 aromatic carbocycles. The zero-order valence-corrected chi connectivity index (χ0v) is 14.4. The lowest BCUT2D eigenvalue weighted by Gasteiger charge is -2.10. The van der Waals surface area contributed by atoms with Crippen molar-refractivity contribution in [3.8, 4) is 17.9 Å². The molecule has 26 heavy (non-hydrogen) atoms. The number of methoxy groups -OCH3 is 1. The number of carbonyl (C=O) groups is 1. The van der Waals surface area contributed by atoms with Crippen molar-refractivity contribution < 1.29 is 9.53 Å². The van der Waals surface area contributed by atoms with Gasteiger partial charge >= 0.3 is 0 Å². The number of anilines is 1. The first-order valence-corrected chi connectivity index (χ1v) is 8.04. The molecular weight excluding hydrogens is 328 g/mol. The fourth-order valence-corrected chi connectivity index (χ4v) is 2.90. The summed E-state index contributed by atoms with van der Waals surface area (Å²) >= 11 is 0. The van der Waals surface area contributed by atoms with E-state index in [-0.39, 0.29) is 5.91 Å². The number of amides is 1. The average Bonchev–Trinajstić information content (AvgIpc) is 2.99. The highest BCUT2D eigenvalue weighted by Crippen LogP contribution is 2.32.